The molecule has 3 rings (SSSR count). The monoisotopic (exact) mass is 378 g/mol. The molecule has 0 spiro atoms. The standard InChI is InChI=1S/C27H22O2/c1-21(2)26(20-18-23-13-7-4-8-14-23)29-27(28)25-16-10-9-15-24(25)19-17-22-11-5-3-6-12-22/h3-16,21,26H,1-2H3. The van der Waals surface area contributed by atoms with Gasteiger partial charge in [-0.15, -0.1) is 0 Å². The molecule has 0 bridgehead atoms. The maximum atomic E-state index is 12.8. The molecule has 0 N–H and O–H groups in total. The Morgan fingerprint density at radius 2 is 1.28 bits per heavy atom. The van der Waals surface area contributed by atoms with Crippen LogP contribution in [0.4, 0.5) is 0 Å². The number of carbonyl (C=O) groups excluding carboxylic acids is 1. The normalized spacial score (nSPS) is 10.9. The molecule has 29 heavy (non-hydrogen) atoms. The molecule has 0 aromatic heterocycles. The molecule has 0 heterocycles. The van der Waals surface area contributed by atoms with Crippen molar-refractivity contribution in [3.8, 4) is 23.7 Å². The summed E-state index contributed by atoms with van der Waals surface area (Å²) in [4.78, 5) is 12.8. The lowest BCUT2D eigenvalue weighted by Gasteiger charge is -2.16. The van der Waals surface area contributed by atoms with Gasteiger partial charge in [-0.3, -0.25) is 0 Å². The SMILES string of the molecule is CC(C)C(C#Cc1ccccc1)OC(=O)c1ccccc1C#Cc1ccccc1. The summed E-state index contributed by atoms with van der Waals surface area (Å²) >= 11 is 0. The van der Waals surface area contributed by atoms with Crippen molar-refractivity contribution >= 4 is 5.97 Å². The molecular weight excluding hydrogens is 356 g/mol. The summed E-state index contributed by atoms with van der Waals surface area (Å²) < 4.78 is 5.73. The van der Waals surface area contributed by atoms with E-state index in [0.29, 0.717) is 11.1 Å². The topological polar surface area (TPSA) is 26.3 Å². The van der Waals surface area contributed by atoms with Crippen molar-refractivity contribution in [2.24, 2.45) is 5.92 Å². The van der Waals surface area contributed by atoms with E-state index >= 15 is 0 Å². The van der Waals surface area contributed by atoms with E-state index in [9.17, 15) is 4.79 Å². The Hall–Kier alpha value is -3.75. The minimum Gasteiger partial charge on any atom is -0.445 e. The number of benzene rings is 3. The zero-order valence-electron chi connectivity index (χ0n) is 16.6. The second-order valence-electron chi connectivity index (χ2n) is 6.87. The van der Waals surface area contributed by atoms with Crippen LogP contribution < -0.4 is 0 Å². The molecule has 2 heteroatoms. The third kappa shape index (κ3) is 5.86. The highest BCUT2D eigenvalue weighted by Crippen LogP contribution is 2.14. The summed E-state index contributed by atoms with van der Waals surface area (Å²) in [5.41, 5.74) is 2.87. The van der Waals surface area contributed by atoms with E-state index in [1.165, 1.54) is 0 Å². The molecule has 0 aliphatic carbocycles. The lowest BCUT2D eigenvalue weighted by Crippen LogP contribution is -2.22. The predicted molar refractivity (Wildman–Crippen MR) is 116 cm³/mol. The highest BCUT2D eigenvalue weighted by Gasteiger charge is 2.19. The minimum absolute atomic E-state index is 0.0673. The van der Waals surface area contributed by atoms with Crippen LogP contribution in [0.2, 0.25) is 0 Å². The Morgan fingerprint density at radius 1 is 0.724 bits per heavy atom. The fourth-order valence-electron chi connectivity index (χ4n) is 2.62. The lowest BCUT2D eigenvalue weighted by molar-refractivity contribution is 0.0329. The van der Waals surface area contributed by atoms with Gasteiger partial charge in [0.25, 0.3) is 0 Å². The second-order valence-corrected chi connectivity index (χ2v) is 6.87. The third-order valence-electron chi connectivity index (χ3n) is 4.23. The summed E-state index contributed by atoms with van der Waals surface area (Å²) in [6.07, 6.45) is -0.502. The molecule has 3 aromatic carbocycles. The summed E-state index contributed by atoms with van der Waals surface area (Å²) in [5, 5.41) is 0. The molecule has 1 atom stereocenters. The van der Waals surface area contributed by atoms with Gasteiger partial charge in [-0.1, -0.05) is 86.1 Å². The molecule has 3 aromatic rings. The average molecular weight is 378 g/mol. The first kappa shape index (κ1) is 20.0. The van der Waals surface area contributed by atoms with Crippen LogP contribution in [0.5, 0.6) is 0 Å². The van der Waals surface area contributed by atoms with Gasteiger partial charge in [0.1, 0.15) is 0 Å². The molecule has 0 saturated heterocycles. The first-order valence-electron chi connectivity index (χ1n) is 9.57. The van der Waals surface area contributed by atoms with Crippen molar-refractivity contribution < 1.29 is 9.53 Å². The maximum Gasteiger partial charge on any atom is 0.340 e. The number of rotatable bonds is 3. The molecular formula is C27H22O2. The van der Waals surface area contributed by atoms with Crippen molar-refractivity contribution in [1.82, 2.24) is 0 Å². The van der Waals surface area contributed by atoms with Gasteiger partial charge in [0.2, 0.25) is 0 Å². The van der Waals surface area contributed by atoms with Crippen molar-refractivity contribution in [2.45, 2.75) is 20.0 Å². The second kappa shape index (κ2) is 9.98. The average Bonchev–Trinajstić information content (AvgIpc) is 2.76. The number of hydrogen-bond donors (Lipinski definition) is 0. The van der Waals surface area contributed by atoms with Crippen LogP contribution in [0, 0.1) is 29.6 Å². The summed E-state index contributed by atoms with van der Waals surface area (Å²) in [6.45, 7) is 3.97. The van der Waals surface area contributed by atoms with E-state index in [2.05, 4.69) is 23.7 Å². The molecule has 1 unspecified atom stereocenters. The van der Waals surface area contributed by atoms with Crippen molar-refractivity contribution in [3.63, 3.8) is 0 Å². The van der Waals surface area contributed by atoms with E-state index < -0.39 is 12.1 Å². The van der Waals surface area contributed by atoms with Crippen LogP contribution in [-0.4, -0.2) is 12.1 Å². The summed E-state index contributed by atoms with van der Waals surface area (Å²) in [7, 11) is 0. The van der Waals surface area contributed by atoms with Crippen LogP contribution in [0.3, 0.4) is 0 Å². The Kier molecular flexibility index (Phi) is 6.88. The van der Waals surface area contributed by atoms with E-state index in [1.807, 2.05) is 92.7 Å². The van der Waals surface area contributed by atoms with E-state index in [1.54, 1.807) is 6.07 Å². The summed E-state index contributed by atoms with van der Waals surface area (Å²) in [5.74, 6) is 12.0. The van der Waals surface area contributed by atoms with Gasteiger partial charge in [0.15, 0.2) is 6.10 Å². The molecule has 2 nitrogen and oxygen atoms in total. The summed E-state index contributed by atoms with van der Waals surface area (Å²) in [6, 6.07) is 26.6. The van der Waals surface area contributed by atoms with Gasteiger partial charge in [-0.25, -0.2) is 4.79 Å². The first-order valence-corrected chi connectivity index (χ1v) is 9.57. The van der Waals surface area contributed by atoms with Crippen molar-refractivity contribution in [2.75, 3.05) is 0 Å². The fourth-order valence-corrected chi connectivity index (χ4v) is 2.62. The first-order chi connectivity index (χ1) is 14.1. The lowest BCUT2D eigenvalue weighted by atomic mass is 10.1. The van der Waals surface area contributed by atoms with Crippen LogP contribution in [0.15, 0.2) is 84.9 Å². The van der Waals surface area contributed by atoms with E-state index in [-0.39, 0.29) is 5.92 Å². The third-order valence-corrected chi connectivity index (χ3v) is 4.23. The predicted octanol–water partition coefficient (Wildman–Crippen LogP) is 5.32. The molecule has 0 saturated carbocycles. The fraction of sp³-hybridized carbons (Fsp3) is 0.148. The quantitative estimate of drug-likeness (QED) is 0.455. The number of esters is 1. The van der Waals surface area contributed by atoms with Crippen molar-refractivity contribution in [1.29, 1.82) is 0 Å². The van der Waals surface area contributed by atoms with Crippen LogP contribution >= 0.6 is 0 Å². The van der Waals surface area contributed by atoms with Gasteiger partial charge in [-0.05, 0) is 36.4 Å². The van der Waals surface area contributed by atoms with Gasteiger partial charge < -0.3 is 4.74 Å². The Morgan fingerprint density at radius 3 is 1.90 bits per heavy atom. The Bertz CT molecular complexity index is 1080. The van der Waals surface area contributed by atoms with E-state index in [4.69, 9.17) is 4.74 Å². The molecule has 0 fully saturated rings. The number of carbonyl (C=O) groups is 1. The molecule has 0 amide bonds. The molecule has 0 aliphatic rings. The van der Waals surface area contributed by atoms with Gasteiger partial charge in [0.05, 0.1) is 5.56 Å². The van der Waals surface area contributed by atoms with Crippen LogP contribution in [-0.2, 0) is 4.74 Å². The molecule has 0 radical (unpaired) electrons. The van der Waals surface area contributed by atoms with Gasteiger partial charge in [-0.2, -0.15) is 0 Å². The largest absolute Gasteiger partial charge is 0.445 e. The Labute approximate surface area is 172 Å². The van der Waals surface area contributed by atoms with Gasteiger partial charge >= 0.3 is 5.97 Å². The molecule has 0 aliphatic heterocycles. The highest BCUT2D eigenvalue weighted by atomic mass is 16.5. The van der Waals surface area contributed by atoms with Crippen LogP contribution in [0.1, 0.15) is 40.9 Å². The highest BCUT2D eigenvalue weighted by molar-refractivity contribution is 5.92. The number of ether oxygens (including phenoxy) is 1. The Balaban J connectivity index is 1.81. The molecule has 142 valence electrons. The van der Waals surface area contributed by atoms with Crippen LogP contribution in [0.25, 0.3) is 0 Å². The van der Waals surface area contributed by atoms with E-state index in [0.717, 1.165) is 11.1 Å². The minimum atomic E-state index is -0.502. The zero-order chi connectivity index (χ0) is 20.5. The zero-order valence-corrected chi connectivity index (χ0v) is 16.6. The van der Waals surface area contributed by atoms with Gasteiger partial charge in [0, 0.05) is 22.6 Å². The van der Waals surface area contributed by atoms with Crippen molar-refractivity contribution in [3.05, 3.63) is 107 Å². The number of hydrogen-bond acceptors (Lipinski definition) is 2. The smallest absolute Gasteiger partial charge is 0.340 e. The maximum absolute atomic E-state index is 12.8.